The van der Waals surface area contributed by atoms with E-state index in [0.29, 0.717) is 44.3 Å². The van der Waals surface area contributed by atoms with Gasteiger partial charge in [-0.15, -0.1) is 0 Å². The van der Waals surface area contributed by atoms with Crippen LogP contribution in [0.5, 0.6) is 0 Å². The number of anilines is 1. The van der Waals surface area contributed by atoms with Gasteiger partial charge < -0.3 is 15.4 Å². The van der Waals surface area contributed by atoms with Gasteiger partial charge >= 0.3 is 0 Å². The molecule has 0 unspecified atom stereocenters. The van der Waals surface area contributed by atoms with Crippen molar-refractivity contribution < 1.29 is 23.9 Å². The number of carbonyl (C=O) groups excluding carboxylic acids is 4. The van der Waals surface area contributed by atoms with Crippen LogP contribution in [0.3, 0.4) is 0 Å². The van der Waals surface area contributed by atoms with Crippen LogP contribution < -0.4 is 10.6 Å². The van der Waals surface area contributed by atoms with Crippen molar-refractivity contribution >= 4 is 29.3 Å². The molecular weight excluding hydrogens is 398 g/mol. The average molecular weight is 432 g/mol. The van der Waals surface area contributed by atoms with Crippen molar-refractivity contribution in [1.82, 2.24) is 10.2 Å². The van der Waals surface area contributed by atoms with Gasteiger partial charge in [-0.2, -0.15) is 0 Å². The fourth-order valence-corrected chi connectivity index (χ4v) is 3.09. The van der Waals surface area contributed by atoms with Crippen molar-refractivity contribution in [2.24, 2.45) is 5.92 Å². The average Bonchev–Trinajstić information content (AvgIpc) is 2.69. The van der Waals surface area contributed by atoms with Crippen molar-refractivity contribution in [3.63, 3.8) is 0 Å². The quantitative estimate of drug-likeness (QED) is 0.283. The number of hydrogen-bond acceptors (Lipinski definition) is 5. The molecule has 2 rings (SSSR count). The van der Waals surface area contributed by atoms with E-state index >= 15 is 0 Å². The number of benzene rings is 1. The Morgan fingerprint density at radius 2 is 1.81 bits per heavy atom. The number of ether oxygens (including phenoxy) is 1. The van der Waals surface area contributed by atoms with Crippen LogP contribution >= 0.6 is 0 Å². The summed E-state index contributed by atoms with van der Waals surface area (Å²) in [4.78, 5) is 48.4. The molecule has 0 spiro atoms. The topological polar surface area (TPSA) is 105 Å². The van der Waals surface area contributed by atoms with E-state index in [2.05, 4.69) is 24.5 Å². The number of amides is 4. The lowest BCUT2D eigenvalue weighted by atomic mass is 10.1. The zero-order valence-electron chi connectivity index (χ0n) is 18.4. The number of nitrogens with zero attached hydrogens (tertiary/aromatic N) is 1. The van der Waals surface area contributed by atoms with Crippen molar-refractivity contribution in [2.45, 2.75) is 52.4 Å². The maximum atomic E-state index is 12.0. The zero-order chi connectivity index (χ0) is 22.6. The number of hydrogen-bond donors (Lipinski definition) is 2. The van der Waals surface area contributed by atoms with Gasteiger partial charge in [-0.3, -0.25) is 24.1 Å². The minimum Gasteiger partial charge on any atom is -0.380 e. The molecule has 1 aromatic rings. The normalized spacial score (nSPS) is 13.1. The maximum Gasteiger partial charge on any atom is 0.233 e. The number of imide groups is 1. The van der Waals surface area contributed by atoms with Gasteiger partial charge in [0.25, 0.3) is 0 Å². The molecule has 1 aliphatic rings. The van der Waals surface area contributed by atoms with Crippen LogP contribution in [0, 0.1) is 5.92 Å². The Morgan fingerprint density at radius 3 is 2.42 bits per heavy atom. The lowest BCUT2D eigenvalue weighted by Crippen LogP contribution is -2.48. The lowest BCUT2D eigenvalue weighted by molar-refractivity contribution is -0.152. The third kappa shape index (κ3) is 9.29. The first-order chi connectivity index (χ1) is 14.8. The highest BCUT2D eigenvalue weighted by atomic mass is 16.5. The second-order valence-electron chi connectivity index (χ2n) is 8.14. The smallest absolute Gasteiger partial charge is 0.233 e. The Labute approximate surface area is 183 Å². The molecule has 0 aliphatic carbocycles. The van der Waals surface area contributed by atoms with Crippen LogP contribution in [0.4, 0.5) is 5.69 Å². The van der Waals surface area contributed by atoms with E-state index < -0.39 is 5.91 Å². The molecule has 4 amide bonds. The highest BCUT2D eigenvalue weighted by Gasteiger charge is 2.29. The van der Waals surface area contributed by atoms with E-state index in [-0.39, 0.29) is 30.6 Å². The molecule has 0 atom stereocenters. The first kappa shape index (κ1) is 24.5. The van der Waals surface area contributed by atoms with E-state index in [4.69, 9.17) is 4.74 Å². The second-order valence-corrected chi connectivity index (χ2v) is 8.14. The Hall–Kier alpha value is -2.74. The molecule has 1 heterocycles. The molecule has 0 radical (unpaired) electrons. The van der Waals surface area contributed by atoms with Crippen LogP contribution in [0.15, 0.2) is 24.3 Å². The molecule has 8 nitrogen and oxygen atoms in total. The van der Waals surface area contributed by atoms with Gasteiger partial charge in [0.1, 0.15) is 6.42 Å². The second kappa shape index (κ2) is 12.8. The first-order valence-corrected chi connectivity index (χ1v) is 10.9. The zero-order valence-corrected chi connectivity index (χ0v) is 18.4. The first-order valence-electron chi connectivity index (χ1n) is 10.9. The standard InChI is InChI=1S/C23H33N3O5/c1-17(2)5-3-4-13-31-14-11-24-20(27)16-21(28)25-19-8-6-18(7-9-19)15-23(30)26-12-10-22(26)29/h6-9,17H,3-5,10-16H2,1-2H3,(H,24,27)(H,25,28). The number of carbonyl (C=O) groups is 4. The Balaban J connectivity index is 1.58. The molecule has 170 valence electrons. The fourth-order valence-electron chi connectivity index (χ4n) is 3.09. The van der Waals surface area contributed by atoms with Gasteiger partial charge in [0.05, 0.1) is 13.0 Å². The number of β-lactam (4-membered cyclic amide) rings is 1. The van der Waals surface area contributed by atoms with E-state index in [1.807, 2.05) is 0 Å². The minimum atomic E-state index is -0.415. The highest BCUT2D eigenvalue weighted by molar-refractivity contribution is 6.03. The van der Waals surface area contributed by atoms with Gasteiger partial charge in [-0.1, -0.05) is 38.8 Å². The molecule has 1 fully saturated rings. The van der Waals surface area contributed by atoms with Crippen molar-refractivity contribution in [3.8, 4) is 0 Å². The summed E-state index contributed by atoms with van der Waals surface area (Å²) in [7, 11) is 0. The minimum absolute atomic E-state index is 0.139. The lowest BCUT2D eigenvalue weighted by Gasteiger charge is -2.28. The molecule has 1 aliphatic heterocycles. The van der Waals surface area contributed by atoms with Gasteiger partial charge in [0.15, 0.2) is 0 Å². The van der Waals surface area contributed by atoms with Crippen molar-refractivity contribution in [2.75, 3.05) is 31.6 Å². The predicted octanol–water partition coefficient (Wildman–Crippen LogP) is 2.28. The number of nitrogens with one attached hydrogen (secondary N) is 2. The SMILES string of the molecule is CC(C)CCCCOCCNC(=O)CC(=O)Nc1ccc(CC(=O)N2CCC2=O)cc1. The molecule has 1 saturated heterocycles. The summed E-state index contributed by atoms with van der Waals surface area (Å²) in [6.45, 7) is 6.36. The molecule has 0 bridgehead atoms. The van der Waals surface area contributed by atoms with Gasteiger partial charge in [-0.25, -0.2) is 0 Å². The van der Waals surface area contributed by atoms with E-state index in [9.17, 15) is 19.2 Å². The summed E-state index contributed by atoms with van der Waals surface area (Å²) in [5.41, 5.74) is 1.29. The van der Waals surface area contributed by atoms with E-state index in [1.54, 1.807) is 24.3 Å². The molecule has 0 saturated carbocycles. The summed E-state index contributed by atoms with van der Waals surface area (Å²) in [5, 5.41) is 5.33. The molecule has 8 heteroatoms. The highest BCUT2D eigenvalue weighted by Crippen LogP contribution is 2.14. The van der Waals surface area contributed by atoms with Crippen LogP contribution in [-0.2, 0) is 30.3 Å². The van der Waals surface area contributed by atoms with Crippen LogP contribution in [0.1, 0.15) is 51.5 Å². The summed E-state index contributed by atoms with van der Waals surface area (Å²) in [6, 6.07) is 6.78. The summed E-state index contributed by atoms with van der Waals surface area (Å²) in [5.74, 6) is -0.427. The number of likely N-dealkylation sites (tertiary alicyclic amines) is 1. The van der Waals surface area contributed by atoms with Crippen LogP contribution in [0.2, 0.25) is 0 Å². The third-order valence-electron chi connectivity index (χ3n) is 4.95. The van der Waals surface area contributed by atoms with Gasteiger partial charge in [-0.05, 0) is 30.0 Å². The Morgan fingerprint density at radius 1 is 1.06 bits per heavy atom. The summed E-state index contributed by atoms with van der Waals surface area (Å²) in [6.07, 6.45) is 3.64. The Bertz CT molecular complexity index is 761. The summed E-state index contributed by atoms with van der Waals surface area (Å²) >= 11 is 0. The third-order valence-corrected chi connectivity index (χ3v) is 4.95. The molecule has 2 N–H and O–H groups in total. The van der Waals surface area contributed by atoms with E-state index in [1.165, 1.54) is 11.3 Å². The van der Waals surface area contributed by atoms with Crippen LogP contribution in [-0.4, -0.2) is 54.8 Å². The molecule has 1 aromatic carbocycles. The summed E-state index contributed by atoms with van der Waals surface area (Å²) < 4.78 is 5.48. The predicted molar refractivity (Wildman–Crippen MR) is 117 cm³/mol. The Kier molecular flexibility index (Phi) is 10.2. The molecular formula is C23H33N3O5. The van der Waals surface area contributed by atoms with Crippen molar-refractivity contribution in [3.05, 3.63) is 29.8 Å². The van der Waals surface area contributed by atoms with Crippen molar-refractivity contribution in [1.29, 1.82) is 0 Å². The van der Waals surface area contributed by atoms with Crippen LogP contribution in [0.25, 0.3) is 0 Å². The fraction of sp³-hybridized carbons (Fsp3) is 0.565. The van der Waals surface area contributed by atoms with Gasteiger partial charge in [0.2, 0.25) is 23.6 Å². The largest absolute Gasteiger partial charge is 0.380 e. The monoisotopic (exact) mass is 431 g/mol. The number of rotatable bonds is 13. The number of unbranched alkanes of at least 4 members (excludes halogenated alkanes) is 1. The molecule has 0 aromatic heterocycles. The van der Waals surface area contributed by atoms with Gasteiger partial charge in [0, 0.05) is 31.8 Å². The maximum absolute atomic E-state index is 12.0. The van der Waals surface area contributed by atoms with E-state index in [0.717, 1.165) is 18.4 Å². The molecule has 31 heavy (non-hydrogen) atoms.